The summed E-state index contributed by atoms with van der Waals surface area (Å²) < 4.78 is 0. The molecule has 6 atom stereocenters. The van der Waals surface area contributed by atoms with Crippen LogP contribution in [-0.4, -0.2) is 24.5 Å². The maximum Gasteiger partial charge on any atom is 0.0467 e. The fraction of sp³-hybridized carbons (Fsp3) is 0.905. The molecule has 4 saturated carbocycles. The lowest BCUT2D eigenvalue weighted by atomic mass is 9.49. The van der Waals surface area contributed by atoms with Gasteiger partial charge in [0.05, 0.1) is 0 Å². The van der Waals surface area contributed by atoms with Crippen molar-refractivity contribution in [3.63, 3.8) is 0 Å². The third-order valence-corrected chi connectivity index (χ3v) is 8.82. The van der Waals surface area contributed by atoms with Crippen LogP contribution in [0.4, 0.5) is 0 Å². The summed E-state index contributed by atoms with van der Waals surface area (Å²) >= 11 is 0. The summed E-state index contributed by atoms with van der Waals surface area (Å²) in [4.78, 5) is 10.5. The van der Waals surface area contributed by atoms with Gasteiger partial charge in [-0.05, 0) is 75.0 Å². The highest BCUT2D eigenvalue weighted by molar-refractivity contribution is 6.15. The van der Waals surface area contributed by atoms with E-state index in [1.165, 1.54) is 64.2 Å². The van der Waals surface area contributed by atoms with Crippen LogP contribution in [0, 0.1) is 40.9 Å². The van der Waals surface area contributed by atoms with E-state index in [4.69, 9.17) is 9.98 Å². The average Bonchev–Trinajstić information content (AvgIpc) is 3.22. The van der Waals surface area contributed by atoms with Crippen LogP contribution in [0.3, 0.4) is 0 Å². The van der Waals surface area contributed by atoms with Crippen molar-refractivity contribution in [2.45, 2.75) is 64.2 Å². The van der Waals surface area contributed by atoms with Gasteiger partial charge in [-0.15, -0.1) is 0 Å². The molecule has 124 valence electrons. The molecule has 0 unspecified atom stereocenters. The van der Waals surface area contributed by atoms with E-state index < -0.39 is 0 Å². The quantitative estimate of drug-likeness (QED) is 0.628. The first-order valence-electron chi connectivity index (χ1n) is 10.5. The van der Waals surface area contributed by atoms with E-state index in [0.29, 0.717) is 5.41 Å². The van der Waals surface area contributed by atoms with Crippen molar-refractivity contribution >= 4 is 11.4 Å². The SMILES string of the molecule is C1C[C@@H]2CCC3(CC[C@H]4CCC[C@H]5CN=C3[C@@H]45)C3=NC[C@H](C1)[C@@H]32. The molecule has 4 fully saturated rings. The molecule has 4 aliphatic carbocycles. The lowest BCUT2D eigenvalue weighted by Crippen LogP contribution is -2.55. The monoisotopic (exact) mass is 310 g/mol. The Balaban J connectivity index is 1.42. The van der Waals surface area contributed by atoms with Crippen molar-refractivity contribution in [1.29, 1.82) is 0 Å². The molecule has 2 aliphatic heterocycles. The maximum absolute atomic E-state index is 5.27. The van der Waals surface area contributed by atoms with Gasteiger partial charge < -0.3 is 0 Å². The molecule has 6 rings (SSSR count). The summed E-state index contributed by atoms with van der Waals surface area (Å²) in [7, 11) is 0. The van der Waals surface area contributed by atoms with E-state index >= 15 is 0 Å². The molecule has 2 nitrogen and oxygen atoms in total. The minimum Gasteiger partial charge on any atom is -0.293 e. The highest BCUT2D eigenvalue weighted by Crippen LogP contribution is 2.60. The van der Waals surface area contributed by atoms with Crippen molar-refractivity contribution < 1.29 is 0 Å². The fourth-order valence-corrected chi connectivity index (χ4v) is 7.94. The first-order valence-corrected chi connectivity index (χ1v) is 10.5. The molecule has 23 heavy (non-hydrogen) atoms. The van der Waals surface area contributed by atoms with E-state index in [0.717, 1.165) is 48.6 Å². The van der Waals surface area contributed by atoms with Crippen LogP contribution in [0.25, 0.3) is 0 Å². The molecular weight excluding hydrogens is 280 g/mol. The number of hydrogen-bond acceptors (Lipinski definition) is 2. The Morgan fingerprint density at radius 2 is 1.09 bits per heavy atom. The summed E-state index contributed by atoms with van der Waals surface area (Å²) in [5.74, 6) is 5.48. The zero-order valence-electron chi connectivity index (χ0n) is 14.3. The van der Waals surface area contributed by atoms with Crippen LogP contribution in [0.2, 0.25) is 0 Å². The van der Waals surface area contributed by atoms with Crippen molar-refractivity contribution in [2.24, 2.45) is 50.9 Å². The predicted octanol–water partition coefficient (Wildman–Crippen LogP) is 4.53. The van der Waals surface area contributed by atoms with Crippen LogP contribution in [0.5, 0.6) is 0 Å². The highest BCUT2D eigenvalue weighted by Gasteiger charge is 2.59. The van der Waals surface area contributed by atoms with Crippen LogP contribution < -0.4 is 0 Å². The molecule has 0 amide bonds. The van der Waals surface area contributed by atoms with Gasteiger partial charge in [0.15, 0.2) is 0 Å². The largest absolute Gasteiger partial charge is 0.293 e. The molecule has 0 N–H and O–H groups in total. The summed E-state index contributed by atoms with van der Waals surface area (Å²) in [5.41, 5.74) is 3.71. The van der Waals surface area contributed by atoms with Gasteiger partial charge in [0.2, 0.25) is 0 Å². The molecule has 6 aliphatic rings. The van der Waals surface area contributed by atoms with Crippen LogP contribution in [0.1, 0.15) is 64.2 Å². The van der Waals surface area contributed by atoms with E-state index in [2.05, 4.69) is 0 Å². The molecule has 2 heteroatoms. The topological polar surface area (TPSA) is 24.7 Å². The average molecular weight is 310 g/mol. The van der Waals surface area contributed by atoms with Gasteiger partial charge in [-0.25, -0.2) is 0 Å². The molecule has 1 spiro atoms. The van der Waals surface area contributed by atoms with Gasteiger partial charge in [-0.2, -0.15) is 0 Å². The van der Waals surface area contributed by atoms with Crippen LogP contribution in [-0.2, 0) is 0 Å². The Morgan fingerprint density at radius 3 is 1.61 bits per heavy atom. The summed E-state index contributed by atoms with van der Waals surface area (Å²) in [6.07, 6.45) is 14.5. The third-order valence-electron chi connectivity index (χ3n) is 8.82. The second-order valence-corrected chi connectivity index (χ2v) is 9.57. The number of aliphatic imine (C=N–C) groups is 2. The van der Waals surface area contributed by atoms with E-state index in [1.54, 1.807) is 11.4 Å². The molecule has 0 radical (unpaired) electrons. The van der Waals surface area contributed by atoms with Gasteiger partial charge in [-0.3, -0.25) is 9.98 Å². The first kappa shape index (κ1) is 13.6. The lowest BCUT2D eigenvalue weighted by molar-refractivity contribution is 0.139. The second-order valence-electron chi connectivity index (χ2n) is 9.57. The van der Waals surface area contributed by atoms with Crippen molar-refractivity contribution in [1.82, 2.24) is 0 Å². The Hall–Kier alpha value is -0.660. The number of nitrogens with zero attached hydrogens (tertiary/aromatic N) is 2. The van der Waals surface area contributed by atoms with Gasteiger partial charge in [0.25, 0.3) is 0 Å². The Morgan fingerprint density at radius 1 is 0.609 bits per heavy atom. The molecular formula is C21H30N2. The van der Waals surface area contributed by atoms with Crippen molar-refractivity contribution in [3.05, 3.63) is 0 Å². The summed E-state index contributed by atoms with van der Waals surface area (Å²) in [5, 5.41) is 0. The minimum absolute atomic E-state index is 0.348. The van der Waals surface area contributed by atoms with Gasteiger partial charge in [0.1, 0.15) is 0 Å². The summed E-state index contributed by atoms with van der Waals surface area (Å²) in [6.45, 7) is 2.31. The van der Waals surface area contributed by atoms with E-state index in [-0.39, 0.29) is 0 Å². The van der Waals surface area contributed by atoms with E-state index in [1.807, 2.05) is 0 Å². The predicted molar refractivity (Wildman–Crippen MR) is 94.1 cm³/mol. The molecule has 0 aromatic rings. The molecule has 2 heterocycles. The smallest absolute Gasteiger partial charge is 0.0467 e. The second kappa shape index (κ2) is 4.70. The van der Waals surface area contributed by atoms with Gasteiger partial charge in [0, 0.05) is 41.8 Å². The number of hydrogen-bond donors (Lipinski definition) is 0. The molecule has 0 aromatic carbocycles. The Bertz CT molecular complexity index is 537. The van der Waals surface area contributed by atoms with Gasteiger partial charge in [-0.1, -0.05) is 12.8 Å². The highest BCUT2D eigenvalue weighted by atomic mass is 14.9. The van der Waals surface area contributed by atoms with Gasteiger partial charge >= 0.3 is 0 Å². The normalized spacial score (nSPS) is 53.6. The molecule has 0 bridgehead atoms. The van der Waals surface area contributed by atoms with E-state index in [9.17, 15) is 0 Å². The standard InChI is InChI=1S/C21H30N2/c1-3-13-7-9-21(19-17(13)15(5-1)11-22-19)10-8-14-4-2-6-16-12-23-20(21)18(14)16/h13-18H,1-12H2/t13-,14-,15+,16+,17+,18+,21?/m1/s1. The number of fused-ring (bicyclic) bond motifs is 2. The third kappa shape index (κ3) is 1.66. The Labute approximate surface area is 140 Å². The van der Waals surface area contributed by atoms with Crippen molar-refractivity contribution in [3.8, 4) is 0 Å². The Kier molecular flexibility index (Phi) is 2.78. The lowest BCUT2D eigenvalue weighted by Gasteiger charge is -2.53. The zero-order chi connectivity index (χ0) is 15.0. The molecule has 0 aromatic heterocycles. The summed E-state index contributed by atoms with van der Waals surface area (Å²) in [6, 6.07) is 0. The maximum atomic E-state index is 5.27. The minimum atomic E-state index is 0.348. The fourth-order valence-electron chi connectivity index (χ4n) is 7.94. The zero-order valence-corrected chi connectivity index (χ0v) is 14.3. The van der Waals surface area contributed by atoms with Crippen LogP contribution in [0.15, 0.2) is 9.98 Å². The molecule has 0 saturated heterocycles. The van der Waals surface area contributed by atoms with Crippen molar-refractivity contribution in [2.75, 3.05) is 13.1 Å². The number of rotatable bonds is 0. The first-order chi connectivity index (χ1) is 11.4. The van der Waals surface area contributed by atoms with Crippen LogP contribution >= 0.6 is 0 Å².